The van der Waals surface area contributed by atoms with Crippen LogP contribution in [-0.4, -0.2) is 24.4 Å². The van der Waals surface area contributed by atoms with Crippen molar-refractivity contribution in [3.63, 3.8) is 0 Å². The number of hydrogen-bond donors (Lipinski definition) is 2. The molecule has 0 aliphatic rings. The van der Waals surface area contributed by atoms with Crippen LogP contribution in [0.1, 0.15) is 18.5 Å². The molecule has 0 aromatic heterocycles. The Morgan fingerprint density at radius 2 is 2.25 bits per heavy atom. The van der Waals surface area contributed by atoms with Crippen molar-refractivity contribution in [2.24, 2.45) is 0 Å². The topological polar surface area (TPSA) is 58.6 Å². The van der Waals surface area contributed by atoms with Crippen molar-refractivity contribution in [2.75, 3.05) is 13.2 Å². The third-order valence-corrected chi connectivity index (χ3v) is 2.75. The lowest BCUT2D eigenvalue weighted by atomic mass is 10.1. The maximum Gasteiger partial charge on any atom is 0.407 e. The maximum absolute atomic E-state index is 11.2. The highest BCUT2D eigenvalue weighted by Gasteiger charge is 2.12. The number of ether oxygens (including phenoxy) is 1. The van der Waals surface area contributed by atoms with Gasteiger partial charge in [-0.25, -0.2) is 4.79 Å². The van der Waals surface area contributed by atoms with Crippen LogP contribution in [0.2, 0.25) is 0 Å². The first kappa shape index (κ1) is 13.0. The van der Waals surface area contributed by atoms with Gasteiger partial charge in [0.05, 0.1) is 12.6 Å². The molecule has 4 nitrogen and oxygen atoms in total. The van der Waals surface area contributed by atoms with Crippen LogP contribution in [0.15, 0.2) is 28.7 Å². The average molecular weight is 288 g/mol. The third-order valence-electron chi connectivity index (χ3n) is 2.03. The van der Waals surface area contributed by atoms with Crippen LogP contribution in [0, 0.1) is 0 Å². The van der Waals surface area contributed by atoms with Gasteiger partial charge in [-0.15, -0.1) is 0 Å². The fourth-order valence-electron chi connectivity index (χ4n) is 1.26. The molecule has 1 aromatic rings. The highest BCUT2D eigenvalue weighted by molar-refractivity contribution is 9.10. The van der Waals surface area contributed by atoms with Crippen molar-refractivity contribution in [1.29, 1.82) is 0 Å². The Hall–Kier alpha value is -1.07. The fourth-order valence-corrected chi connectivity index (χ4v) is 1.89. The van der Waals surface area contributed by atoms with Gasteiger partial charge in [0.2, 0.25) is 0 Å². The summed E-state index contributed by atoms with van der Waals surface area (Å²) in [5.74, 6) is 0. The van der Waals surface area contributed by atoms with Gasteiger partial charge in [0.15, 0.2) is 0 Å². The summed E-state index contributed by atoms with van der Waals surface area (Å²) in [5.41, 5.74) is 0.975. The lowest BCUT2D eigenvalue weighted by Crippen LogP contribution is -2.28. The number of aliphatic hydroxyl groups excluding tert-OH is 1. The zero-order chi connectivity index (χ0) is 12.0. The van der Waals surface area contributed by atoms with E-state index >= 15 is 0 Å². The SMILES string of the molecule is C[C@H](NC(=O)OCCO)c1ccccc1Br. The molecule has 1 rings (SSSR count). The van der Waals surface area contributed by atoms with Crippen LogP contribution >= 0.6 is 15.9 Å². The Labute approximate surface area is 103 Å². The first-order valence-corrected chi connectivity index (χ1v) is 5.73. The molecule has 5 heteroatoms. The molecule has 0 saturated heterocycles. The van der Waals surface area contributed by atoms with E-state index in [4.69, 9.17) is 9.84 Å². The molecule has 0 fully saturated rings. The van der Waals surface area contributed by atoms with Crippen LogP contribution in [-0.2, 0) is 4.74 Å². The molecule has 1 atom stereocenters. The van der Waals surface area contributed by atoms with Crippen LogP contribution in [0.25, 0.3) is 0 Å². The Morgan fingerprint density at radius 3 is 2.88 bits per heavy atom. The molecule has 1 aromatic carbocycles. The molecular formula is C11H14BrNO3. The monoisotopic (exact) mass is 287 g/mol. The third kappa shape index (κ3) is 3.83. The number of nitrogens with one attached hydrogen (secondary N) is 1. The summed E-state index contributed by atoms with van der Waals surface area (Å²) in [6.07, 6.45) is -0.530. The predicted molar refractivity (Wildman–Crippen MR) is 64.1 cm³/mol. The molecule has 0 radical (unpaired) electrons. The number of alkyl carbamates (subject to hydrolysis) is 1. The first-order valence-electron chi connectivity index (χ1n) is 4.93. The molecule has 0 unspecified atom stereocenters. The van der Waals surface area contributed by atoms with Gasteiger partial charge in [-0.3, -0.25) is 0 Å². The van der Waals surface area contributed by atoms with E-state index in [0.29, 0.717) is 0 Å². The predicted octanol–water partition coefficient (Wildman–Crippen LogP) is 2.23. The fraction of sp³-hybridized carbons (Fsp3) is 0.364. The summed E-state index contributed by atoms with van der Waals surface area (Å²) < 4.78 is 5.64. The molecule has 0 saturated carbocycles. The van der Waals surface area contributed by atoms with Gasteiger partial charge in [0.25, 0.3) is 0 Å². The van der Waals surface area contributed by atoms with E-state index in [9.17, 15) is 4.79 Å². The van der Waals surface area contributed by atoms with Gasteiger partial charge in [-0.05, 0) is 18.6 Å². The Bertz CT molecular complexity index is 357. The maximum atomic E-state index is 11.2. The number of carbonyl (C=O) groups is 1. The Kier molecular flexibility index (Phi) is 5.28. The molecule has 16 heavy (non-hydrogen) atoms. The highest BCUT2D eigenvalue weighted by Crippen LogP contribution is 2.22. The number of hydrogen-bond acceptors (Lipinski definition) is 3. The van der Waals surface area contributed by atoms with Crippen molar-refractivity contribution >= 4 is 22.0 Å². The van der Waals surface area contributed by atoms with Crippen LogP contribution < -0.4 is 5.32 Å². The smallest absolute Gasteiger partial charge is 0.407 e. The molecular weight excluding hydrogens is 274 g/mol. The van der Waals surface area contributed by atoms with Gasteiger partial charge in [-0.1, -0.05) is 34.1 Å². The molecule has 1 amide bonds. The first-order chi connectivity index (χ1) is 7.65. The number of halogens is 1. The molecule has 2 N–H and O–H groups in total. The Morgan fingerprint density at radius 1 is 1.56 bits per heavy atom. The summed E-state index contributed by atoms with van der Waals surface area (Å²) in [4.78, 5) is 11.2. The van der Waals surface area contributed by atoms with E-state index in [1.807, 2.05) is 31.2 Å². The van der Waals surface area contributed by atoms with Crippen molar-refractivity contribution in [3.05, 3.63) is 34.3 Å². The number of benzene rings is 1. The molecule has 0 aliphatic carbocycles. The van der Waals surface area contributed by atoms with Crippen molar-refractivity contribution in [1.82, 2.24) is 5.32 Å². The van der Waals surface area contributed by atoms with Gasteiger partial charge in [0.1, 0.15) is 6.61 Å². The standard InChI is InChI=1S/C11H14BrNO3/c1-8(13-11(15)16-7-6-14)9-4-2-3-5-10(9)12/h2-5,8,14H,6-7H2,1H3,(H,13,15)/t8-/m0/s1. The molecule has 0 heterocycles. The van der Waals surface area contributed by atoms with E-state index < -0.39 is 6.09 Å². The number of carbonyl (C=O) groups excluding carboxylic acids is 1. The lowest BCUT2D eigenvalue weighted by molar-refractivity contribution is 0.116. The van der Waals surface area contributed by atoms with E-state index in [2.05, 4.69) is 21.2 Å². The zero-order valence-electron chi connectivity index (χ0n) is 8.94. The molecule has 0 bridgehead atoms. The van der Waals surface area contributed by atoms with Gasteiger partial charge < -0.3 is 15.2 Å². The molecule has 0 aliphatic heterocycles. The average Bonchev–Trinajstić information content (AvgIpc) is 2.26. The second kappa shape index (κ2) is 6.50. The van der Waals surface area contributed by atoms with E-state index in [1.165, 1.54) is 0 Å². The largest absolute Gasteiger partial charge is 0.447 e. The van der Waals surface area contributed by atoms with Gasteiger partial charge in [-0.2, -0.15) is 0 Å². The summed E-state index contributed by atoms with van der Waals surface area (Å²) in [5, 5.41) is 11.2. The minimum Gasteiger partial charge on any atom is -0.447 e. The second-order valence-electron chi connectivity index (χ2n) is 3.25. The molecule has 88 valence electrons. The van der Waals surface area contributed by atoms with E-state index in [0.717, 1.165) is 10.0 Å². The normalized spacial score (nSPS) is 11.9. The second-order valence-corrected chi connectivity index (χ2v) is 4.10. The van der Waals surface area contributed by atoms with Crippen molar-refractivity contribution < 1.29 is 14.6 Å². The summed E-state index contributed by atoms with van der Waals surface area (Å²) in [6.45, 7) is 1.70. The number of aliphatic hydroxyl groups is 1. The van der Waals surface area contributed by atoms with E-state index in [1.54, 1.807) is 0 Å². The zero-order valence-corrected chi connectivity index (χ0v) is 10.5. The van der Waals surface area contributed by atoms with Gasteiger partial charge in [0, 0.05) is 4.47 Å². The molecule has 0 spiro atoms. The highest BCUT2D eigenvalue weighted by atomic mass is 79.9. The summed E-state index contributed by atoms with van der Waals surface area (Å²) in [7, 11) is 0. The van der Waals surface area contributed by atoms with E-state index in [-0.39, 0.29) is 19.3 Å². The quantitative estimate of drug-likeness (QED) is 0.893. The lowest BCUT2D eigenvalue weighted by Gasteiger charge is -2.15. The number of rotatable bonds is 4. The Balaban J connectivity index is 2.55. The number of amides is 1. The summed E-state index contributed by atoms with van der Waals surface area (Å²) >= 11 is 3.41. The van der Waals surface area contributed by atoms with Crippen molar-refractivity contribution in [2.45, 2.75) is 13.0 Å². The van der Waals surface area contributed by atoms with Crippen LogP contribution in [0.5, 0.6) is 0 Å². The minimum atomic E-state index is -0.530. The minimum absolute atomic E-state index is 0.00845. The van der Waals surface area contributed by atoms with Crippen molar-refractivity contribution in [3.8, 4) is 0 Å². The van der Waals surface area contributed by atoms with Crippen LogP contribution in [0.4, 0.5) is 4.79 Å². The van der Waals surface area contributed by atoms with Gasteiger partial charge >= 0.3 is 6.09 Å². The van der Waals surface area contributed by atoms with Crippen LogP contribution in [0.3, 0.4) is 0 Å². The summed E-state index contributed by atoms with van der Waals surface area (Å²) in [6, 6.07) is 7.48.